The SMILES string of the molecule is c1ccc(-c2cc(-c3ccc(-c4ccc(-n5c6ccccc6c6cc(N(c7ccccc7)c7ccccc7)ccc65)cc4)cc3)nc(-c3ccccc3)n2)cc1. The van der Waals surface area contributed by atoms with Gasteiger partial charge in [-0.2, -0.15) is 0 Å². The first-order valence-electron chi connectivity index (χ1n) is 18.9. The van der Waals surface area contributed by atoms with E-state index in [4.69, 9.17) is 9.97 Å². The maximum absolute atomic E-state index is 5.02. The van der Waals surface area contributed by atoms with Crippen molar-refractivity contribution in [3.63, 3.8) is 0 Å². The second-order valence-electron chi connectivity index (χ2n) is 13.9. The van der Waals surface area contributed by atoms with Crippen LogP contribution in [0.5, 0.6) is 0 Å². The lowest BCUT2D eigenvalue weighted by atomic mass is 10.0. The average molecular weight is 717 g/mol. The monoisotopic (exact) mass is 716 g/mol. The number of fused-ring (bicyclic) bond motifs is 3. The number of hydrogen-bond donors (Lipinski definition) is 0. The molecule has 0 aliphatic heterocycles. The predicted octanol–water partition coefficient (Wildman–Crippen LogP) is 13.7. The summed E-state index contributed by atoms with van der Waals surface area (Å²) in [6.45, 7) is 0. The van der Waals surface area contributed by atoms with Crippen molar-refractivity contribution in [1.82, 2.24) is 14.5 Å². The van der Waals surface area contributed by atoms with Gasteiger partial charge in [-0.05, 0) is 77.9 Å². The molecule has 2 aromatic heterocycles. The van der Waals surface area contributed by atoms with Crippen LogP contribution in [0.15, 0.2) is 218 Å². The number of anilines is 3. The zero-order valence-electron chi connectivity index (χ0n) is 30.6. The average Bonchev–Trinajstić information content (AvgIpc) is 3.61. The fraction of sp³-hybridized carbons (Fsp3) is 0. The second kappa shape index (κ2) is 14.3. The van der Waals surface area contributed by atoms with Crippen molar-refractivity contribution in [2.24, 2.45) is 0 Å². The number of benzene rings is 8. The quantitative estimate of drug-likeness (QED) is 0.157. The molecule has 10 aromatic rings. The molecule has 0 bridgehead atoms. The molecule has 10 rings (SSSR count). The molecular formula is C52H36N4. The first-order valence-corrected chi connectivity index (χ1v) is 18.9. The highest BCUT2D eigenvalue weighted by atomic mass is 15.1. The molecule has 56 heavy (non-hydrogen) atoms. The number of rotatable bonds is 8. The topological polar surface area (TPSA) is 34.0 Å². The third-order valence-corrected chi connectivity index (χ3v) is 10.4. The third-order valence-electron chi connectivity index (χ3n) is 10.4. The molecule has 2 heterocycles. The van der Waals surface area contributed by atoms with Gasteiger partial charge in [-0.15, -0.1) is 0 Å². The molecule has 8 aromatic carbocycles. The van der Waals surface area contributed by atoms with Crippen LogP contribution in [0.4, 0.5) is 17.1 Å². The van der Waals surface area contributed by atoms with E-state index in [2.05, 4.69) is 191 Å². The minimum atomic E-state index is 0.715. The largest absolute Gasteiger partial charge is 0.310 e. The molecular weight excluding hydrogens is 681 g/mol. The van der Waals surface area contributed by atoms with Crippen LogP contribution in [0.3, 0.4) is 0 Å². The Bertz CT molecular complexity index is 2820. The number of nitrogens with zero attached hydrogens (tertiary/aromatic N) is 4. The van der Waals surface area contributed by atoms with E-state index in [0.29, 0.717) is 5.82 Å². The van der Waals surface area contributed by atoms with Crippen LogP contribution in [0, 0.1) is 0 Å². The molecule has 0 unspecified atom stereocenters. The van der Waals surface area contributed by atoms with Gasteiger partial charge in [0.2, 0.25) is 0 Å². The minimum Gasteiger partial charge on any atom is -0.310 e. The molecule has 0 radical (unpaired) electrons. The summed E-state index contributed by atoms with van der Waals surface area (Å²) in [7, 11) is 0. The van der Waals surface area contributed by atoms with Crippen molar-refractivity contribution in [3.05, 3.63) is 218 Å². The van der Waals surface area contributed by atoms with Crippen molar-refractivity contribution in [3.8, 4) is 50.7 Å². The molecule has 0 saturated heterocycles. The minimum absolute atomic E-state index is 0.715. The fourth-order valence-electron chi connectivity index (χ4n) is 7.68. The molecule has 0 aliphatic carbocycles. The summed E-state index contributed by atoms with van der Waals surface area (Å²) in [5.41, 5.74) is 14.0. The van der Waals surface area contributed by atoms with Crippen LogP contribution < -0.4 is 4.90 Å². The van der Waals surface area contributed by atoms with E-state index in [9.17, 15) is 0 Å². The summed E-state index contributed by atoms with van der Waals surface area (Å²) in [6.07, 6.45) is 0. The lowest BCUT2D eigenvalue weighted by Crippen LogP contribution is -2.09. The smallest absolute Gasteiger partial charge is 0.160 e. The van der Waals surface area contributed by atoms with E-state index in [1.807, 2.05) is 36.4 Å². The van der Waals surface area contributed by atoms with Crippen LogP contribution in [0.25, 0.3) is 72.5 Å². The summed E-state index contributed by atoms with van der Waals surface area (Å²) < 4.78 is 2.38. The maximum atomic E-state index is 5.02. The highest BCUT2D eigenvalue weighted by Gasteiger charge is 2.17. The van der Waals surface area contributed by atoms with Crippen LogP contribution in [0.2, 0.25) is 0 Å². The lowest BCUT2D eigenvalue weighted by molar-refractivity contribution is 1.18. The Morgan fingerprint density at radius 3 is 1.39 bits per heavy atom. The summed E-state index contributed by atoms with van der Waals surface area (Å²) >= 11 is 0. The summed E-state index contributed by atoms with van der Waals surface area (Å²) in [4.78, 5) is 12.3. The van der Waals surface area contributed by atoms with Crippen molar-refractivity contribution in [2.75, 3.05) is 4.90 Å². The Labute approximate surface area is 326 Å². The third kappa shape index (κ3) is 6.19. The molecule has 4 nitrogen and oxygen atoms in total. The van der Waals surface area contributed by atoms with Crippen LogP contribution >= 0.6 is 0 Å². The molecule has 0 amide bonds. The molecule has 0 atom stereocenters. The van der Waals surface area contributed by atoms with Crippen LogP contribution in [-0.2, 0) is 0 Å². The van der Waals surface area contributed by atoms with Crippen molar-refractivity contribution >= 4 is 38.9 Å². The van der Waals surface area contributed by atoms with Crippen molar-refractivity contribution in [1.29, 1.82) is 0 Å². The van der Waals surface area contributed by atoms with E-state index in [1.54, 1.807) is 0 Å². The fourth-order valence-corrected chi connectivity index (χ4v) is 7.68. The van der Waals surface area contributed by atoms with Crippen molar-refractivity contribution < 1.29 is 0 Å². The number of aromatic nitrogens is 3. The van der Waals surface area contributed by atoms with Gasteiger partial charge in [-0.1, -0.05) is 152 Å². The van der Waals surface area contributed by atoms with E-state index in [-0.39, 0.29) is 0 Å². The summed E-state index contributed by atoms with van der Waals surface area (Å²) in [5.74, 6) is 0.715. The molecule has 0 aliphatic rings. The van der Waals surface area contributed by atoms with Crippen molar-refractivity contribution in [2.45, 2.75) is 0 Å². The van der Waals surface area contributed by atoms with Crippen LogP contribution in [0.1, 0.15) is 0 Å². The van der Waals surface area contributed by atoms with Gasteiger partial charge in [0.15, 0.2) is 5.82 Å². The number of para-hydroxylation sites is 3. The number of hydrogen-bond acceptors (Lipinski definition) is 3. The molecule has 264 valence electrons. The van der Waals surface area contributed by atoms with Gasteiger partial charge in [0.05, 0.1) is 22.4 Å². The highest BCUT2D eigenvalue weighted by molar-refractivity contribution is 6.10. The van der Waals surface area contributed by atoms with Gasteiger partial charge >= 0.3 is 0 Å². The van der Waals surface area contributed by atoms with E-state index in [1.165, 1.54) is 21.8 Å². The van der Waals surface area contributed by atoms with Crippen LogP contribution in [-0.4, -0.2) is 14.5 Å². The van der Waals surface area contributed by atoms with E-state index in [0.717, 1.165) is 62.0 Å². The van der Waals surface area contributed by atoms with Gasteiger partial charge in [0.1, 0.15) is 0 Å². The molecule has 0 saturated carbocycles. The lowest BCUT2D eigenvalue weighted by Gasteiger charge is -2.25. The first kappa shape index (κ1) is 33.0. The molecule has 0 spiro atoms. The Morgan fingerprint density at radius 1 is 0.321 bits per heavy atom. The Balaban J connectivity index is 0.993. The first-order chi connectivity index (χ1) is 27.8. The molecule has 4 heteroatoms. The Hall–Kier alpha value is -7.56. The maximum Gasteiger partial charge on any atom is 0.160 e. The van der Waals surface area contributed by atoms with E-state index < -0.39 is 0 Å². The van der Waals surface area contributed by atoms with Gasteiger partial charge in [0.25, 0.3) is 0 Å². The normalized spacial score (nSPS) is 11.2. The highest BCUT2D eigenvalue weighted by Crippen LogP contribution is 2.40. The Morgan fingerprint density at radius 2 is 0.786 bits per heavy atom. The van der Waals surface area contributed by atoms with E-state index >= 15 is 0 Å². The van der Waals surface area contributed by atoms with Gasteiger partial charge in [-0.25, -0.2) is 9.97 Å². The molecule has 0 N–H and O–H groups in total. The zero-order chi connectivity index (χ0) is 37.3. The zero-order valence-corrected chi connectivity index (χ0v) is 30.6. The standard InChI is InChI=1S/C52H36N4/c1-5-15-39(16-6-1)48-36-49(54-52(53-48)41-17-7-2-8-18-41)40-27-25-37(26-28-40)38-29-31-44(32-30-38)56-50-24-14-13-23-46(50)47-35-45(33-34-51(47)56)55(42-19-9-3-10-20-42)43-21-11-4-12-22-43/h1-36H. The summed E-state index contributed by atoms with van der Waals surface area (Å²) in [5, 5.41) is 2.44. The second-order valence-corrected chi connectivity index (χ2v) is 13.9. The predicted molar refractivity (Wildman–Crippen MR) is 233 cm³/mol. The Kier molecular flexibility index (Phi) is 8.47. The molecule has 0 fully saturated rings. The summed E-state index contributed by atoms with van der Waals surface area (Å²) in [6, 6.07) is 76.8. The van der Waals surface area contributed by atoms with Gasteiger partial charge < -0.3 is 9.47 Å². The van der Waals surface area contributed by atoms with Gasteiger partial charge in [0, 0.05) is 50.2 Å². The van der Waals surface area contributed by atoms with Gasteiger partial charge in [-0.3, -0.25) is 0 Å².